The van der Waals surface area contributed by atoms with Gasteiger partial charge in [0.05, 0.1) is 32.4 Å². The Kier molecular flexibility index (Phi) is 9.44. The molecule has 1 unspecified atom stereocenters. The number of hydrogen-bond acceptors (Lipinski definition) is 4. The maximum absolute atomic E-state index is 13.1. The number of alkyl halides is 3. The van der Waals surface area contributed by atoms with Crippen LogP contribution in [0.4, 0.5) is 13.2 Å². The van der Waals surface area contributed by atoms with Gasteiger partial charge in [0, 0.05) is 18.7 Å². The lowest BCUT2D eigenvalue weighted by atomic mass is 10.0. The number of benzene rings is 2. The second-order valence-corrected chi connectivity index (χ2v) is 7.07. The van der Waals surface area contributed by atoms with Crippen molar-refractivity contribution in [1.82, 2.24) is 10.2 Å². The van der Waals surface area contributed by atoms with E-state index in [4.69, 9.17) is 9.47 Å². The van der Waals surface area contributed by atoms with E-state index in [1.54, 1.807) is 24.3 Å². The Bertz CT molecular complexity index is 925. The summed E-state index contributed by atoms with van der Waals surface area (Å²) in [5, 5.41) is 13.5. The Balaban J connectivity index is 0.00000363. The molecule has 2 aromatic rings. The van der Waals surface area contributed by atoms with Gasteiger partial charge in [-0.05, 0) is 30.7 Å². The van der Waals surface area contributed by atoms with Crippen molar-refractivity contribution in [3.05, 3.63) is 59.2 Å². The number of hydrogen-bond donors (Lipinski definition) is 2. The number of phenols is 1. The van der Waals surface area contributed by atoms with E-state index in [1.807, 2.05) is 11.8 Å². The van der Waals surface area contributed by atoms with E-state index < -0.39 is 17.8 Å². The molecule has 176 valence electrons. The van der Waals surface area contributed by atoms with Crippen molar-refractivity contribution in [3.8, 4) is 11.5 Å². The van der Waals surface area contributed by atoms with Crippen LogP contribution in [0.1, 0.15) is 29.7 Å². The van der Waals surface area contributed by atoms with Crippen LogP contribution in [-0.2, 0) is 17.5 Å². The van der Waals surface area contributed by atoms with E-state index in [-0.39, 0.29) is 36.3 Å². The second-order valence-electron chi connectivity index (χ2n) is 7.07. The van der Waals surface area contributed by atoms with E-state index in [1.165, 1.54) is 13.2 Å². The number of halogens is 4. The number of guanidine groups is 1. The first kappa shape index (κ1) is 26.0. The molecular formula is C22H27F3IN3O3. The number of methoxy groups -OCH3 is 1. The van der Waals surface area contributed by atoms with Gasteiger partial charge in [-0.1, -0.05) is 24.3 Å². The van der Waals surface area contributed by atoms with Crippen molar-refractivity contribution >= 4 is 29.9 Å². The first-order valence-corrected chi connectivity index (χ1v) is 10.00. The minimum absolute atomic E-state index is 0. The molecule has 0 saturated carbocycles. The third-order valence-corrected chi connectivity index (χ3v) is 4.99. The summed E-state index contributed by atoms with van der Waals surface area (Å²) in [6, 6.07) is 10.4. The van der Waals surface area contributed by atoms with Crippen molar-refractivity contribution in [1.29, 1.82) is 0 Å². The van der Waals surface area contributed by atoms with Gasteiger partial charge in [-0.15, -0.1) is 24.0 Å². The molecular weight excluding hydrogens is 538 g/mol. The Morgan fingerprint density at radius 3 is 2.72 bits per heavy atom. The van der Waals surface area contributed by atoms with Crippen LogP contribution in [0.2, 0.25) is 0 Å². The summed E-state index contributed by atoms with van der Waals surface area (Å²) in [6.07, 6.45) is -4.91. The van der Waals surface area contributed by atoms with Crippen LogP contribution in [-0.4, -0.2) is 49.3 Å². The summed E-state index contributed by atoms with van der Waals surface area (Å²) in [6.45, 7) is 4.03. The van der Waals surface area contributed by atoms with E-state index in [9.17, 15) is 18.3 Å². The van der Waals surface area contributed by atoms with Gasteiger partial charge in [0.2, 0.25) is 0 Å². The molecule has 0 aromatic heterocycles. The van der Waals surface area contributed by atoms with Crippen LogP contribution >= 0.6 is 24.0 Å². The molecule has 2 N–H and O–H groups in total. The first-order chi connectivity index (χ1) is 14.8. The van der Waals surface area contributed by atoms with E-state index in [2.05, 4.69) is 10.3 Å². The molecule has 1 aliphatic heterocycles. The average Bonchev–Trinajstić information content (AvgIpc) is 2.77. The summed E-state index contributed by atoms with van der Waals surface area (Å²) in [5.41, 5.74) is 0.387. The summed E-state index contributed by atoms with van der Waals surface area (Å²) >= 11 is 0. The lowest BCUT2D eigenvalue weighted by Gasteiger charge is -2.35. The van der Waals surface area contributed by atoms with Crippen molar-refractivity contribution in [2.75, 3.05) is 33.4 Å². The smallest absolute Gasteiger partial charge is 0.416 e. The molecule has 0 spiro atoms. The zero-order chi connectivity index (χ0) is 22.4. The molecule has 3 rings (SSSR count). The third-order valence-electron chi connectivity index (χ3n) is 4.99. The van der Waals surface area contributed by atoms with Gasteiger partial charge in [-0.3, -0.25) is 0 Å². The topological polar surface area (TPSA) is 66.3 Å². The fourth-order valence-electron chi connectivity index (χ4n) is 3.40. The maximum Gasteiger partial charge on any atom is 0.416 e. The lowest BCUT2D eigenvalue weighted by molar-refractivity contribution is -0.137. The Morgan fingerprint density at radius 1 is 1.28 bits per heavy atom. The number of nitrogens with zero attached hydrogens (tertiary/aromatic N) is 2. The van der Waals surface area contributed by atoms with E-state index in [0.29, 0.717) is 49.1 Å². The number of aliphatic imine (C=N–C) groups is 1. The van der Waals surface area contributed by atoms with Gasteiger partial charge < -0.3 is 24.8 Å². The van der Waals surface area contributed by atoms with Crippen LogP contribution < -0.4 is 10.1 Å². The van der Waals surface area contributed by atoms with Crippen molar-refractivity contribution < 1.29 is 27.8 Å². The van der Waals surface area contributed by atoms with Crippen LogP contribution in [0.3, 0.4) is 0 Å². The predicted molar refractivity (Wildman–Crippen MR) is 127 cm³/mol. The SMILES string of the molecule is CCNC(=NCc1cccc(OC)c1O)N1CCOC(c2cccc(C(F)(F)F)c2)C1.I. The molecule has 6 nitrogen and oxygen atoms in total. The van der Waals surface area contributed by atoms with Crippen LogP contribution in [0.15, 0.2) is 47.5 Å². The summed E-state index contributed by atoms with van der Waals surface area (Å²) in [4.78, 5) is 6.56. The second kappa shape index (κ2) is 11.6. The molecule has 32 heavy (non-hydrogen) atoms. The van der Waals surface area contributed by atoms with Crippen LogP contribution in [0, 0.1) is 0 Å². The number of rotatable bonds is 5. The minimum Gasteiger partial charge on any atom is -0.504 e. The molecule has 10 heteroatoms. The number of para-hydroxylation sites is 1. The van der Waals surface area contributed by atoms with Crippen molar-refractivity contribution in [2.24, 2.45) is 4.99 Å². The molecule has 1 fully saturated rings. The highest BCUT2D eigenvalue weighted by atomic mass is 127. The monoisotopic (exact) mass is 565 g/mol. The molecule has 1 atom stereocenters. The molecule has 1 saturated heterocycles. The van der Waals surface area contributed by atoms with Gasteiger partial charge in [0.25, 0.3) is 0 Å². The summed E-state index contributed by atoms with van der Waals surface area (Å²) in [7, 11) is 1.48. The fourth-order valence-corrected chi connectivity index (χ4v) is 3.40. The molecule has 0 aliphatic carbocycles. The van der Waals surface area contributed by atoms with Gasteiger partial charge >= 0.3 is 6.18 Å². The molecule has 1 heterocycles. The number of nitrogens with one attached hydrogen (secondary N) is 1. The molecule has 0 bridgehead atoms. The number of aromatic hydroxyl groups is 1. The van der Waals surface area contributed by atoms with Crippen molar-refractivity contribution in [3.63, 3.8) is 0 Å². The fraction of sp³-hybridized carbons (Fsp3) is 0.409. The highest BCUT2D eigenvalue weighted by Gasteiger charge is 2.32. The van der Waals surface area contributed by atoms with Gasteiger partial charge in [-0.2, -0.15) is 13.2 Å². The number of ether oxygens (including phenoxy) is 2. The highest BCUT2D eigenvalue weighted by molar-refractivity contribution is 14.0. The molecule has 0 radical (unpaired) electrons. The van der Waals surface area contributed by atoms with Crippen molar-refractivity contribution in [2.45, 2.75) is 25.7 Å². The Morgan fingerprint density at radius 2 is 2.03 bits per heavy atom. The van der Waals surface area contributed by atoms with Crippen LogP contribution in [0.25, 0.3) is 0 Å². The average molecular weight is 565 g/mol. The van der Waals surface area contributed by atoms with E-state index in [0.717, 1.165) is 12.1 Å². The minimum atomic E-state index is -4.40. The zero-order valence-corrected chi connectivity index (χ0v) is 20.2. The molecule has 0 amide bonds. The maximum atomic E-state index is 13.1. The number of morpholine rings is 1. The summed E-state index contributed by atoms with van der Waals surface area (Å²) in [5.74, 6) is 1.01. The normalized spacial score (nSPS) is 17.0. The lowest BCUT2D eigenvalue weighted by Crippen LogP contribution is -2.48. The molecule has 1 aliphatic rings. The number of phenolic OH excluding ortho intramolecular Hbond substituents is 1. The summed E-state index contributed by atoms with van der Waals surface area (Å²) < 4.78 is 50.1. The quantitative estimate of drug-likeness (QED) is 0.316. The zero-order valence-electron chi connectivity index (χ0n) is 17.9. The standard InChI is InChI=1S/C22H26F3N3O3.HI/c1-3-26-21(27-13-16-7-5-9-18(30-2)20(16)29)28-10-11-31-19(14-28)15-6-4-8-17(12-15)22(23,24)25;/h4-9,12,19,29H,3,10-11,13-14H2,1-2H3,(H,26,27);1H. The van der Waals surface area contributed by atoms with Gasteiger partial charge in [-0.25, -0.2) is 4.99 Å². The largest absolute Gasteiger partial charge is 0.504 e. The van der Waals surface area contributed by atoms with Crippen LogP contribution in [0.5, 0.6) is 11.5 Å². The van der Waals surface area contributed by atoms with Gasteiger partial charge in [0.15, 0.2) is 17.5 Å². The Labute approximate surface area is 202 Å². The predicted octanol–water partition coefficient (Wildman–Crippen LogP) is 4.58. The van der Waals surface area contributed by atoms with E-state index >= 15 is 0 Å². The van der Waals surface area contributed by atoms with Gasteiger partial charge in [0.1, 0.15) is 6.10 Å². The Hall–Kier alpha value is -2.21. The first-order valence-electron chi connectivity index (χ1n) is 10.00. The molecule has 2 aromatic carbocycles. The third kappa shape index (κ3) is 6.41. The highest BCUT2D eigenvalue weighted by Crippen LogP contribution is 2.32.